The van der Waals surface area contributed by atoms with Gasteiger partial charge in [0, 0.05) is 45.1 Å². The molecule has 0 amide bonds. The van der Waals surface area contributed by atoms with Gasteiger partial charge in [-0.15, -0.1) is 11.6 Å². The molecule has 100 valence electrons. The van der Waals surface area contributed by atoms with Gasteiger partial charge in [-0.2, -0.15) is 0 Å². The average Bonchev–Trinajstić information content (AvgIpc) is 2.42. The maximum atomic E-state index is 5.76. The van der Waals surface area contributed by atoms with Gasteiger partial charge in [0.15, 0.2) is 0 Å². The lowest BCUT2D eigenvalue weighted by atomic mass is 10.2. The summed E-state index contributed by atoms with van der Waals surface area (Å²) >= 11 is 5.76. The Kier molecular flexibility index (Phi) is 5.29. The highest BCUT2D eigenvalue weighted by atomic mass is 35.5. The number of benzene rings is 1. The molecule has 3 nitrogen and oxygen atoms in total. The van der Waals surface area contributed by atoms with E-state index in [0.29, 0.717) is 0 Å². The minimum atomic E-state index is 0.735. The second-order valence-corrected chi connectivity index (χ2v) is 5.03. The van der Waals surface area contributed by atoms with Crippen molar-refractivity contribution < 1.29 is 4.74 Å². The Morgan fingerprint density at radius 2 is 1.67 bits per heavy atom. The molecule has 18 heavy (non-hydrogen) atoms. The van der Waals surface area contributed by atoms with Gasteiger partial charge in [0.2, 0.25) is 0 Å². The third kappa shape index (κ3) is 3.87. The molecule has 0 spiro atoms. The molecule has 1 fully saturated rings. The Labute approximate surface area is 114 Å². The van der Waals surface area contributed by atoms with Crippen molar-refractivity contribution in [1.82, 2.24) is 9.80 Å². The van der Waals surface area contributed by atoms with Crippen LogP contribution in [0.15, 0.2) is 24.3 Å². The summed E-state index contributed by atoms with van der Waals surface area (Å²) < 4.78 is 5.17. The molecule has 1 aliphatic rings. The molecular formula is C14H21ClN2O. The van der Waals surface area contributed by atoms with Crippen molar-refractivity contribution in [1.29, 1.82) is 0 Å². The second kappa shape index (κ2) is 6.98. The van der Waals surface area contributed by atoms with Crippen molar-refractivity contribution >= 4 is 11.6 Å². The largest absolute Gasteiger partial charge is 0.497 e. The summed E-state index contributed by atoms with van der Waals surface area (Å²) in [5.41, 5.74) is 1.35. The molecule has 0 bridgehead atoms. The monoisotopic (exact) mass is 268 g/mol. The van der Waals surface area contributed by atoms with Crippen LogP contribution >= 0.6 is 11.6 Å². The Morgan fingerprint density at radius 3 is 2.22 bits per heavy atom. The number of halogens is 1. The Hall–Kier alpha value is -0.770. The van der Waals surface area contributed by atoms with Gasteiger partial charge in [-0.1, -0.05) is 12.1 Å². The molecule has 0 atom stereocenters. The SMILES string of the molecule is COc1ccc(CN2CCN(CCCl)CC2)cc1. The quantitative estimate of drug-likeness (QED) is 0.761. The molecule has 0 N–H and O–H groups in total. The number of alkyl halides is 1. The van der Waals surface area contributed by atoms with Crippen LogP contribution in [0, 0.1) is 0 Å². The van der Waals surface area contributed by atoms with E-state index < -0.39 is 0 Å². The highest BCUT2D eigenvalue weighted by Crippen LogP contribution is 2.14. The number of ether oxygens (including phenoxy) is 1. The molecule has 0 aliphatic carbocycles. The fourth-order valence-corrected chi connectivity index (χ4v) is 2.52. The highest BCUT2D eigenvalue weighted by molar-refractivity contribution is 6.18. The van der Waals surface area contributed by atoms with Crippen LogP contribution < -0.4 is 4.74 Å². The minimum Gasteiger partial charge on any atom is -0.497 e. The van der Waals surface area contributed by atoms with Crippen LogP contribution in [0.1, 0.15) is 5.56 Å². The molecule has 1 saturated heterocycles. The summed E-state index contributed by atoms with van der Waals surface area (Å²) in [5, 5.41) is 0. The zero-order valence-corrected chi connectivity index (χ0v) is 11.7. The first-order chi connectivity index (χ1) is 8.81. The van der Waals surface area contributed by atoms with Crippen molar-refractivity contribution in [3.63, 3.8) is 0 Å². The maximum absolute atomic E-state index is 5.76. The van der Waals surface area contributed by atoms with Gasteiger partial charge >= 0.3 is 0 Å². The Morgan fingerprint density at radius 1 is 1.06 bits per heavy atom. The fraction of sp³-hybridized carbons (Fsp3) is 0.571. The van der Waals surface area contributed by atoms with E-state index in [9.17, 15) is 0 Å². The summed E-state index contributed by atoms with van der Waals surface area (Å²) in [4.78, 5) is 4.92. The van der Waals surface area contributed by atoms with Crippen molar-refractivity contribution in [2.75, 3.05) is 45.7 Å². The predicted molar refractivity (Wildman–Crippen MR) is 75.4 cm³/mol. The second-order valence-electron chi connectivity index (χ2n) is 4.65. The third-order valence-corrected chi connectivity index (χ3v) is 3.60. The first kappa shape index (κ1) is 13.7. The van der Waals surface area contributed by atoms with Gasteiger partial charge in [-0.25, -0.2) is 0 Å². The van der Waals surface area contributed by atoms with Crippen molar-refractivity contribution in [3.8, 4) is 5.75 Å². The van der Waals surface area contributed by atoms with Crippen molar-refractivity contribution in [2.45, 2.75) is 6.54 Å². The number of nitrogens with zero attached hydrogens (tertiary/aromatic N) is 2. The molecule has 0 saturated carbocycles. The van der Waals surface area contributed by atoms with E-state index in [0.717, 1.165) is 50.9 Å². The summed E-state index contributed by atoms with van der Waals surface area (Å²) in [6.07, 6.45) is 0. The molecule has 2 rings (SSSR count). The average molecular weight is 269 g/mol. The normalized spacial score (nSPS) is 17.9. The predicted octanol–water partition coefficient (Wildman–Crippen LogP) is 2.05. The van der Waals surface area contributed by atoms with Crippen molar-refractivity contribution in [2.24, 2.45) is 0 Å². The number of hydrogen-bond donors (Lipinski definition) is 0. The molecule has 1 aromatic carbocycles. The van der Waals surface area contributed by atoms with Crippen LogP contribution in [-0.4, -0.2) is 55.5 Å². The topological polar surface area (TPSA) is 15.7 Å². The van der Waals surface area contributed by atoms with Gasteiger partial charge < -0.3 is 4.74 Å². The standard InChI is InChI=1S/C14H21ClN2O/c1-18-14-4-2-13(3-5-14)12-17-10-8-16(7-6-15)9-11-17/h2-5H,6-12H2,1H3. The number of hydrogen-bond acceptors (Lipinski definition) is 3. The van der Waals surface area contributed by atoms with E-state index in [1.54, 1.807) is 7.11 Å². The molecule has 0 aromatic heterocycles. The fourth-order valence-electron chi connectivity index (χ4n) is 2.28. The number of methoxy groups -OCH3 is 1. The first-order valence-corrected chi connectivity index (χ1v) is 6.99. The highest BCUT2D eigenvalue weighted by Gasteiger charge is 2.16. The summed E-state index contributed by atoms with van der Waals surface area (Å²) in [6, 6.07) is 8.34. The van der Waals surface area contributed by atoms with Gasteiger partial charge in [-0.05, 0) is 17.7 Å². The maximum Gasteiger partial charge on any atom is 0.118 e. The van der Waals surface area contributed by atoms with Crippen molar-refractivity contribution in [3.05, 3.63) is 29.8 Å². The Bertz CT molecular complexity index is 347. The lowest BCUT2D eigenvalue weighted by Crippen LogP contribution is -2.46. The zero-order valence-electron chi connectivity index (χ0n) is 10.9. The van der Waals surface area contributed by atoms with Crippen LogP contribution in [0.4, 0.5) is 0 Å². The molecule has 0 unspecified atom stereocenters. The first-order valence-electron chi connectivity index (χ1n) is 6.45. The van der Waals surface area contributed by atoms with Gasteiger partial charge in [0.25, 0.3) is 0 Å². The number of rotatable bonds is 5. The molecular weight excluding hydrogens is 248 g/mol. The molecule has 1 aliphatic heterocycles. The van der Waals surface area contributed by atoms with Gasteiger partial charge in [0.1, 0.15) is 5.75 Å². The lowest BCUT2D eigenvalue weighted by molar-refractivity contribution is 0.132. The van der Waals surface area contributed by atoms with Crippen LogP contribution in [0.2, 0.25) is 0 Å². The van der Waals surface area contributed by atoms with Crippen LogP contribution in [0.3, 0.4) is 0 Å². The van der Waals surface area contributed by atoms with Crippen LogP contribution in [0.5, 0.6) is 5.75 Å². The summed E-state index contributed by atoms with van der Waals surface area (Å²) in [6.45, 7) is 6.55. The lowest BCUT2D eigenvalue weighted by Gasteiger charge is -2.34. The minimum absolute atomic E-state index is 0.735. The third-order valence-electron chi connectivity index (χ3n) is 3.43. The number of piperazine rings is 1. The smallest absolute Gasteiger partial charge is 0.118 e. The summed E-state index contributed by atoms with van der Waals surface area (Å²) in [5.74, 6) is 1.66. The van der Waals surface area contributed by atoms with E-state index in [1.165, 1.54) is 5.56 Å². The molecule has 1 heterocycles. The zero-order chi connectivity index (χ0) is 12.8. The van der Waals surface area contributed by atoms with E-state index in [4.69, 9.17) is 16.3 Å². The van der Waals surface area contributed by atoms with E-state index in [1.807, 2.05) is 12.1 Å². The van der Waals surface area contributed by atoms with Crippen LogP contribution in [0.25, 0.3) is 0 Å². The van der Waals surface area contributed by atoms with E-state index >= 15 is 0 Å². The van der Waals surface area contributed by atoms with Crippen LogP contribution in [-0.2, 0) is 6.54 Å². The summed E-state index contributed by atoms with van der Waals surface area (Å²) in [7, 11) is 1.70. The molecule has 4 heteroatoms. The van der Waals surface area contributed by atoms with Gasteiger partial charge in [0.05, 0.1) is 7.11 Å². The van der Waals surface area contributed by atoms with E-state index in [-0.39, 0.29) is 0 Å². The molecule has 0 radical (unpaired) electrons. The van der Waals surface area contributed by atoms with Gasteiger partial charge in [-0.3, -0.25) is 9.80 Å². The van der Waals surface area contributed by atoms with E-state index in [2.05, 4.69) is 21.9 Å². The Balaban J connectivity index is 1.80. The molecule has 1 aromatic rings.